The van der Waals surface area contributed by atoms with Gasteiger partial charge in [0.2, 0.25) is 5.91 Å². The Balaban J connectivity index is 1.53. The van der Waals surface area contributed by atoms with Gasteiger partial charge in [0.1, 0.15) is 5.75 Å². The van der Waals surface area contributed by atoms with Gasteiger partial charge in [0.05, 0.1) is 29.7 Å². The van der Waals surface area contributed by atoms with E-state index in [0.717, 1.165) is 23.0 Å². The third kappa shape index (κ3) is 6.07. The molecule has 3 rings (SSSR count). The Kier molecular flexibility index (Phi) is 6.33. The Labute approximate surface area is 177 Å². The van der Waals surface area contributed by atoms with Crippen molar-refractivity contribution in [3.63, 3.8) is 0 Å². The smallest absolute Gasteiger partial charge is 0.422 e. The molecule has 0 radical (unpaired) electrons. The Morgan fingerprint density at radius 2 is 1.97 bits per heavy atom. The Hall–Kier alpha value is -3.36. The lowest BCUT2D eigenvalue weighted by molar-refractivity contribution is -0.153. The van der Waals surface area contributed by atoms with Crippen molar-refractivity contribution in [3.05, 3.63) is 66.0 Å². The van der Waals surface area contributed by atoms with Crippen LogP contribution >= 0.6 is 0 Å². The van der Waals surface area contributed by atoms with Crippen molar-refractivity contribution in [1.82, 2.24) is 10.3 Å². The molecule has 1 aliphatic rings. The number of hydrogen-bond acceptors (Lipinski definition) is 5. The first kappa shape index (κ1) is 22.3. The molecule has 1 atom stereocenters. The van der Waals surface area contributed by atoms with E-state index >= 15 is 0 Å². The van der Waals surface area contributed by atoms with Gasteiger partial charge in [-0.25, -0.2) is 0 Å². The molecule has 2 aromatic rings. The fraction of sp³-hybridized carbons (Fsp3) is 0.318. The summed E-state index contributed by atoms with van der Waals surface area (Å²) in [5.74, 6) is -0.319. The number of benzene rings is 1. The number of nitrogens with zero attached hydrogens (tertiary/aromatic N) is 2. The quantitative estimate of drug-likeness (QED) is 0.704. The fourth-order valence-electron chi connectivity index (χ4n) is 3.13. The number of hydrogen-bond donors (Lipinski definition) is 1. The van der Waals surface area contributed by atoms with Crippen molar-refractivity contribution < 1.29 is 27.5 Å². The van der Waals surface area contributed by atoms with Crippen LogP contribution in [0.5, 0.6) is 5.75 Å². The van der Waals surface area contributed by atoms with Crippen molar-refractivity contribution in [3.8, 4) is 5.75 Å². The second-order valence-electron chi connectivity index (χ2n) is 7.51. The third-order valence-electron chi connectivity index (χ3n) is 4.66. The van der Waals surface area contributed by atoms with E-state index in [0.29, 0.717) is 12.1 Å². The molecule has 6 nitrogen and oxygen atoms in total. The van der Waals surface area contributed by atoms with Gasteiger partial charge in [0.25, 0.3) is 0 Å². The van der Waals surface area contributed by atoms with Gasteiger partial charge in [-0.1, -0.05) is 36.0 Å². The monoisotopic (exact) mass is 433 g/mol. The number of halogens is 3. The first-order valence-corrected chi connectivity index (χ1v) is 9.50. The number of pyridine rings is 1. The molecule has 9 heteroatoms. The number of carbonyl (C=O) groups excluding carboxylic acids is 1. The predicted octanol–water partition coefficient (Wildman–Crippen LogP) is 4.36. The second-order valence-corrected chi connectivity index (χ2v) is 7.51. The molecule has 1 aromatic heterocycles. The summed E-state index contributed by atoms with van der Waals surface area (Å²) >= 11 is 0. The highest BCUT2D eigenvalue weighted by molar-refractivity contribution is 5.87. The van der Waals surface area contributed by atoms with E-state index < -0.39 is 18.4 Å². The number of amides is 1. The molecule has 2 heterocycles. The SMILES string of the molecule is C=C(NC(=O)Cc1ccc(C2(C)CC(C)=NO2)cc1)c1ccc(OCC(F)(F)F)cn1. The summed E-state index contributed by atoms with van der Waals surface area (Å²) in [5, 5.41) is 6.65. The summed E-state index contributed by atoms with van der Waals surface area (Å²) in [7, 11) is 0. The molecule has 0 aliphatic carbocycles. The van der Waals surface area contributed by atoms with Crippen molar-refractivity contribution in [2.45, 2.75) is 38.5 Å². The lowest BCUT2D eigenvalue weighted by atomic mass is 9.90. The molecule has 0 saturated heterocycles. The van der Waals surface area contributed by atoms with Gasteiger partial charge in [-0.2, -0.15) is 13.2 Å². The van der Waals surface area contributed by atoms with E-state index in [-0.39, 0.29) is 23.8 Å². The number of ether oxygens (including phenoxy) is 1. The molecule has 0 fully saturated rings. The maximum Gasteiger partial charge on any atom is 0.422 e. The van der Waals surface area contributed by atoms with Gasteiger partial charge in [-0.15, -0.1) is 0 Å². The zero-order chi connectivity index (χ0) is 22.6. The minimum atomic E-state index is -4.43. The fourth-order valence-corrected chi connectivity index (χ4v) is 3.13. The van der Waals surface area contributed by atoms with Crippen LogP contribution in [-0.2, 0) is 21.7 Å². The van der Waals surface area contributed by atoms with E-state index in [1.807, 2.05) is 38.1 Å². The summed E-state index contributed by atoms with van der Waals surface area (Å²) in [6.07, 6.45) is -2.45. The number of nitrogens with one attached hydrogen (secondary N) is 1. The van der Waals surface area contributed by atoms with E-state index in [9.17, 15) is 18.0 Å². The minimum Gasteiger partial charge on any atom is -0.483 e. The van der Waals surface area contributed by atoms with Gasteiger partial charge >= 0.3 is 6.18 Å². The van der Waals surface area contributed by atoms with Crippen LogP contribution in [0.15, 0.2) is 54.3 Å². The number of aromatic nitrogens is 1. The van der Waals surface area contributed by atoms with Gasteiger partial charge in [-0.3, -0.25) is 9.78 Å². The van der Waals surface area contributed by atoms with Gasteiger partial charge in [-0.05, 0) is 37.1 Å². The van der Waals surface area contributed by atoms with Gasteiger partial charge in [0.15, 0.2) is 12.2 Å². The van der Waals surface area contributed by atoms with Crippen LogP contribution in [0.4, 0.5) is 13.2 Å². The summed E-state index contributed by atoms with van der Waals surface area (Å²) in [6.45, 7) is 6.23. The highest BCUT2D eigenvalue weighted by Crippen LogP contribution is 2.34. The Morgan fingerprint density at radius 1 is 1.26 bits per heavy atom. The first-order chi connectivity index (χ1) is 14.5. The van der Waals surface area contributed by atoms with Crippen LogP contribution < -0.4 is 10.1 Å². The maximum absolute atomic E-state index is 12.3. The molecule has 1 amide bonds. The lowest BCUT2D eigenvalue weighted by Gasteiger charge is -2.22. The molecule has 1 aliphatic heterocycles. The summed E-state index contributed by atoms with van der Waals surface area (Å²) in [6, 6.07) is 10.3. The van der Waals surface area contributed by atoms with Gasteiger partial charge in [0, 0.05) is 6.42 Å². The maximum atomic E-state index is 12.3. The average Bonchev–Trinajstić information content (AvgIpc) is 3.06. The molecular formula is C22H22F3N3O3. The van der Waals surface area contributed by atoms with Crippen LogP contribution in [0.3, 0.4) is 0 Å². The molecule has 1 N–H and O–H groups in total. The highest BCUT2D eigenvalue weighted by Gasteiger charge is 2.34. The van der Waals surface area contributed by atoms with Crippen molar-refractivity contribution in [1.29, 1.82) is 0 Å². The standard InChI is InChI=1S/C22H22F3N3O3/c1-14-11-21(3,31-28-14)17-6-4-16(5-7-17)10-20(29)27-15(2)19-9-8-18(12-26-19)30-13-22(23,24)25/h4-9,12H,2,10-11,13H2,1,3H3,(H,27,29). The van der Waals surface area contributed by atoms with Crippen molar-refractivity contribution >= 4 is 17.3 Å². The lowest BCUT2D eigenvalue weighted by Crippen LogP contribution is -2.24. The second kappa shape index (κ2) is 8.79. The van der Waals surface area contributed by atoms with Crippen LogP contribution in [0.1, 0.15) is 37.1 Å². The largest absolute Gasteiger partial charge is 0.483 e. The molecular weight excluding hydrogens is 411 g/mol. The van der Waals surface area contributed by atoms with Crippen LogP contribution in [0.25, 0.3) is 5.70 Å². The summed E-state index contributed by atoms with van der Waals surface area (Å²) in [5.41, 5.74) is 2.77. The van der Waals surface area contributed by atoms with E-state index in [1.54, 1.807) is 0 Å². The Morgan fingerprint density at radius 3 is 2.52 bits per heavy atom. The molecule has 31 heavy (non-hydrogen) atoms. The number of rotatable bonds is 7. The first-order valence-electron chi connectivity index (χ1n) is 9.50. The van der Waals surface area contributed by atoms with Gasteiger partial charge < -0.3 is 14.9 Å². The molecule has 1 aromatic carbocycles. The summed E-state index contributed by atoms with van der Waals surface area (Å²) < 4.78 is 41.2. The third-order valence-corrected chi connectivity index (χ3v) is 4.66. The predicted molar refractivity (Wildman–Crippen MR) is 109 cm³/mol. The zero-order valence-electron chi connectivity index (χ0n) is 17.1. The highest BCUT2D eigenvalue weighted by atomic mass is 19.4. The number of oxime groups is 1. The zero-order valence-corrected chi connectivity index (χ0v) is 17.1. The van der Waals surface area contributed by atoms with Crippen LogP contribution in [-0.4, -0.2) is 29.4 Å². The Bertz CT molecular complexity index is 986. The molecule has 164 valence electrons. The minimum absolute atomic E-state index is 0.0270. The molecule has 0 spiro atoms. The van der Waals surface area contributed by atoms with E-state index in [4.69, 9.17) is 4.84 Å². The average molecular weight is 433 g/mol. The molecule has 1 unspecified atom stereocenters. The molecule has 0 saturated carbocycles. The summed E-state index contributed by atoms with van der Waals surface area (Å²) in [4.78, 5) is 21.8. The van der Waals surface area contributed by atoms with E-state index in [1.165, 1.54) is 12.1 Å². The van der Waals surface area contributed by atoms with E-state index in [2.05, 4.69) is 26.8 Å². The number of carbonyl (C=O) groups is 1. The molecule has 0 bridgehead atoms. The van der Waals surface area contributed by atoms with Crippen LogP contribution in [0, 0.1) is 0 Å². The normalized spacial score (nSPS) is 18.2. The van der Waals surface area contributed by atoms with Crippen molar-refractivity contribution in [2.75, 3.05) is 6.61 Å². The topological polar surface area (TPSA) is 72.8 Å². The van der Waals surface area contributed by atoms with Crippen LogP contribution in [0.2, 0.25) is 0 Å². The number of alkyl halides is 3. The van der Waals surface area contributed by atoms with Crippen molar-refractivity contribution in [2.24, 2.45) is 5.16 Å².